The van der Waals surface area contributed by atoms with Gasteiger partial charge in [-0.05, 0) is 13.0 Å². The normalized spacial score (nSPS) is 10.8. The molecule has 6 nitrogen and oxygen atoms in total. The molecular weight excluding hydrogens is 256 g/mol. The van der Waals surface area contributed by atoms with Gasteiger partial charge in [0.15, 0.2) is 11.5 Å². The molecule has 0 amide bonds. The van der Waals surface area contributed by atoms with Crippen LogP contribution in [0, 0.1) is 6.92 Å². The Bertz CT molecular complexity index is 767. The van der Waals surface area contributed by atoms with Crippen LogP contribution >= 0.6 is 0 Å². The first-order valence-electron chi connectivity index (χ1n) is 6.13. The number of benzene rings is 1. The third-order valence-electron chi connectivity index (χ3n) is 3.01. The molecule has 3 aromatic rings. The van der Waals surface area contributed by atoms with Crippen molar-refractivity contribution in [1.29, 1.82) is 0 Å². The number of methoxy groups -OCH3 is 2. The van der Waals surface area contributed by atoms with Crippen molar-refractivity contribution in [3.63, 3.8) is 0 Å². The molecule has 0 atom stereocenters. The summed E-state index contributed by atoms with van der Waals surface area (Å²) in [7, 11) is 3.23. The molecule has 0 saturated carbocycles. The van der Waals surface area contributed by atoms with E-state index >= 15 is 0 Å². The summed E-state index contributed by atoms with van der Waals surface area (Å²) in [6, 6.07) is 5.72. The number of para-hydroxylation sites is 1. The average Bonchev–Trinajstić information content (AvgIpc) is 2.85. The van der Waals surface area contributed by atoms with E-state index in [-0.39, 0.29) is 0 Å². The average molecular weight is 270 g/mol. The fourth-order valence-electron chi connectivity index (χ4n) is 2.14. The van der Waals surface area contributed by atoms with Crippen molar-refractivity contribution in [2.45, 2.75) is 6.92 Å². The summed E-state index contributed by atoms with van der Waals surface area (Å²) >= 11 is 0. The van der Waals surface area contributed by atoms with Crippen molar-refractivity contribution < 1.29 is 9.47 Å². The number of hydrogen-bond donors (Lipinski definition) is 0. The Kier molecular flexibility index (Phi) is 2.98. The van der Waals surface area contributed by atoms with Crippen LogP contribution in [-0.2, 0) is 0 Å². The number of hydrogen-bond acceptors (Lipinski definition) is 5. The van der Waals surface area contributed by atoms with E-state index < -0.39 is 0 Å². The minimum atomic E-state index is 0.577. The number of aromatic nitrogens is 4. The third-order valence-corrected chi connectivity index (χ3v) is 3.01. The monoisotopic (exact) mass is 270 g/mol. The van der Waals surface area contributed by atoms with E-state index in [1.807, 2.05) is 31.3 Å². The van der Waals surface area contributed by atoms with Gasteiger partial charge in [0.25, 0.3) is 5.78 Å². The first-order chi connectivity index (χ1) is 9.72. The van der Waals surface area contributed by atoms with Gasteiger partial charge >= 0.3 is 0 Å². The standard InChI is InChI=1S/C14H14N4O2/c1-9-16-14-15-7-10(8-18(14)17-9)11-5-4-6-12(19-2)13(11)20-3/h4-8H,1-3H3. The molecule has 102 valence electrons. The lowest BCUT2D eigenvalue weighted by atomic mass is 10.1. The molecule has 0 spiro atoms. The quantitative estimate of drug-likeness (QED) is 0.729. The minimum Gasteiger partial charge on any atom is -0.493 e. The minimum absolute atomic E-state index is 0.577. The fraction of sp³-hybridized carbons (Fsp3) is 0.214. The summed E-state index contributed by atoms with van der Waals surface area (Å²) in [5, 5.41) is 4.27. The zero-order chi connectivity index (χ0) is 14.1. The summed E-state index contributed by atoms with van der Waals surface area (Å²) in [4.78, 5) is 8.51. The molecule has 0 radical (unpaired) electrons. The fourth-order valence-corrected chi connectivity index (χ4v) is 2.14. The molecule has 6 heteroatoms. The van der Waals surface area contributed by atoms with Crippen LogP contribution in [0.2, 0.25) is 0 Å². The maximum absolute atomic E-state index is 5.44. The van der Waals surface area contributed by atoms with E-state index in [1.54, 1.807) is 24.9 Å². The number of fused-ring (bicyclic) bond motifs is 1. The van der Waals surface area contributed by atoms with Crippen molar-refractivity contribution in [3.05, 3.63) is 36.4 Å². The van der Waals surface area contributed by atoms with Gasteiger partial charge in [0, 0.05) is 23.5 Å². The van der Waals surface area contributed by atoms with E-state index in [1.165, 1.54) is 0 Å². The highest BCUT2D eigenvalue weighted by Gasteiger charge is 2.13. The molecule has 2 aromatic heterocycles. The summed E-state index contributed by atoms with van der Waals surface area (Å²) in [6.07, 6.45) is 3.63. The SMILES string of the molecule is COc1cccc(-c2cnc3nc(C)nn3c2)c1OC. The van der Waals surface area contributed by atoms with E-state index in [9.17, 15) is 0 Å². The van der Waals surface area contributed by atoms with E-state index in [4.69, 9.17) is 9.47 Å². The van der Waals surface area contributed by atoms with Gasteiger partial charge in [-0.1, -0.05) is 12.1 Å². The number of aryl methyl sites for hydroxylation is 1. The largest absolute Gasteiger partial charge is 0.493 e. The van der Waals surface area contributed by atoms with Crippen LogP contribution < -0.4 is 9.47 Å². The molecule has 0 unspecified atom stereocenters. The Labute approximate surface area is 116 Å². The lowest BCUT2D eigenvalue weighted by Gasteiger charge is -2.12. The summed E-state index contributed by atoms with van der Waals surface area (Å²) < 4.78 is 12.4. The zero-order valence-electron chi connectivity index (χ0n) is 11.5. The Morgan fingerprint density at radius 3 is 2.75 bits per heavy atom. The highest BCUT2D eigenvalue weighted by Crippen LogP contribution is 2.37. The Balaban J connectivity index is 2.19. The smallest absolute Gasteiger partial charge is 0.252 e. The van der Waals surface area contributed by atoms with E-state index in [2.05, 4.69) is 15.1 Å². The van der Waals surface area contributed by atoms with Gasteiger partial charge in [-0.3, -0.25) is 0 Å². The lowest BCUT2D eigenvalue weighted by molar-refractivity contribution is 0.356. The second-order valence-corrected chi connectivity index (χ2v) is 4.29. The van der Waals surface area contributed by atoms with Gasteiger partial charge in [0.05, 0.1) is 14.2 Å². The molecule has 1 aromatic carbocycles. The van der Waals surface area contributed by atoms with Crippen LogP contribution in [0.3, 0.4) is 0 Å². The van der Waals surface area contributed by atoms with Crippen molar-refractivity contribution in [2.24, 2.45) is 0 Å². The lowest BCUT2D eigenvalue weighted by Crippen LogP contribution is -1.96. The second-order valence-electron chi connectivity index (χ2n) is 4.29. The summed E-state index contributed by atoms with van der Waals surface area (Å²) in [5.74, 6) is 2.62. The molecule has 0 aliphatic heterocycles. The summed E-state index contributed by atoms with van der Waals surface area (Å²) in [5.41, 5.74) is 1.78. The molecular formula is C14H14N4O2. The molecule has 0 aliphatic rings. The molecule has 3 rings (SSSR count). The maximum atomic E-state index is 5.44. The molecule has 0 bridgehead atoms. The predicted octanol–water partition coefficient (Wildman–Crippen LogP) is 2.12. The van der Waals surface area contributed by atoms with Crippen molar-refractivity contribution in [3.8, 4) is 22.6 Å². The van der Waals surface area contributed by atoms with Crippen LogP contribution in [0.1, 0.15) is 5.82 Å². The summed E-state index contributed by atoms with van der Waals surface area (Å²) in [6.45, 7) is 1.83. The van der Waals surface area contributed by atoms with Crippen LogP contribution in [0.25, 0.3) is 16.9 Å². The van der Waals surface area contributed by atoms with Gasteiger partial charge < -0.3 is 9.47 Å². The van der Waals surface area contributed by atoms with Gasteiger partial charge in [0.1, 0.15) is 5.82 Å². The highest BCUT2D eigenvalue weighted by atomic mass is 16.5. The topological polar surface area (TPSA) is 61.5 Å². The molecule has 0 N–H and O–H groups in total. The second kappa shape index (κ2) is 4.80. The Morgan fingerprint density at radius 2 is 2.00 bits per heavy atom. The maximum Gasteiger partial charge on any atom is 0.252 e. The number of rotatable bonds is 3. The van der Waals surface area contributed by atoms with Crippen LogP contribution in [-0.4, -0.2) is 33.8 Å². The Hall–Kier alpha value is -2.63. The molecule has 0 fully saturated rings. The molecule has 2 heterocycles. The first-order valence-corrected chi connectivity index (χ1v) is 6.13. The predicted molar refractivity (Wildman–Crippen MR) is 74.1 cm³/mol. The number of ether oxygens (including phenoxy) is 2. The first kappa shape index (κ1) is 12.4. The number of nitrogens with zero attached hydrogens (tertiary/aromatic N) is 4. The molecule has 20 heavy (non-hydrogen) atoms. The van der Waals surface area contributed by atoms with Gasteiger partial charge in [-0.15, -0.1) is 0 Å². The van der Waals surface area contributed by atoms with E-state index in [0.717, 1.165) is 11.1 Å². The Morgan fingerprint density at radius 1 is 1.15 bits per heavy atom. The third kappa shape index (κ3) is 1.95. The molecule has 0 aliphatic carbocycles. The van der Waals surface area contributed by atoms with Crippen LogP contribution in [0.5, 0.6) is 11.5 Å². The van der Waals surface area contributed by atoms with E-state index in [0.29, 0.717) is 23.1 Å². The van der Waals surface area contributed by atoms with Gasteiger partial charge in [-0.2, -0.15) is 10.1 Å². The van der Waals surface area contributed by atoms with Gasteiger partial charge in [0.2, 0.25) is 0 Å². The van der Waals surface area contributed by atoms with Crippen molar-refractivity contribution in [1.82, 2.24) is 19.6 Å². The zero-order valence-corrected chi connectivity index (χ0v) is 11.5. The van der Waals surface area contributed by atoms with Crippen molar-refractivity contribution >= 4 is 5.78 Å². The van der Waals surface area contributed by atoms with Crippen LogP contribution in [0.15, 0.2) is 30.6 Å². The van der Waals surface area contributed by atoms with Crippen molar-refractivity contribution in [2.75, 3.05) is 14.2 Å². The van der Waals surface area contributed by atoms with Gasteiger partial charge in [-0.25, -0.2) is 9.50 Å². The highest BCUT2D eigenvalue weighted by molar-refractivity contribution is 5.73. The molecule has 0 saturated heterocycles. The van der Waals surface area contributed by atoms with Crippen LogP contribution in [0.4, 0.5) is 0 Å².